The Labute approximate surface area is 285 Å². The molecule has 3 heterocycles. The molecule has 3 N–H and O–H groups in total. The lowest BCUT2D eigenvalue weighted by Crippen LogP contribution is -2.60. The number of rotatable bonds is 7. The molecule has 2 saturated heterocycles. The second-order valence-corrected chi connectivity index (χ2v) is 14.1. The van der Waals surface area contributed by atoms with Crippen molar-refractivity contribution in [3.63, 3.8) is 0 Å². The maximum atomic E-state index is 13.6. The molecule has 2 aliphatic heterocycles. The molecule has 262 valence electrons. The number of hydrogen-bond donors (Lipinski definition) is 2. The molecule has 0 aliphatic carbocycles. The highest BCUT2D eigenvalue weighted by Gasteiger charge is 2.58. The van der Waals surface area contributed by atoms with Gasteiger partial charge in [0.25, 0.3) is 0 Å². The van der Waals surface area contributed by atoms with Crippen molar-refractivity contribution in [1.82, 2.24) is 25.2 Å². The molecule has 9 atom stereocenters. The van der Waals surface area contributed by atoms with Crippen LogP contribution in [0, 0.1) is 17.8 Å². The fourth-order valence-electron chi connectivity index (χ4n) is 7.38. The number of nitrogens with two attached hydrogens (primary N) is 1. The van der Waals surface area contributed by atoms with Crippen molar-refractivity contribution in [1.29, 1.82) is 0 Å². The number of allylic oxidation sites excluding steroid dienone is 1. The number of carbonyl (C=O) groups excluding carboxylic acids is 3. The third-order valence-corrected chi connectivity index (χ3v) is 10.6. The summed E-state index contributed by atoms with van der Waals surface area (Å²) in [6, 6.07) is 6.76. The molecular weight excluding hydrogens is 611 g/mol. The zero-order valence-corrected chi connectivity index (χ0v) is 29.9. The van der Waals surface area contributed by atoms with Crippen molar-refractivity contribution in [2.45, 2.75) is 103 Å². The van der Waals surface area contributed by atoms with Gasteiger partial charge in [-0.3, -0.25) is 14.5 Å². The van der Waals surface area contributed by atoms with Gasteiger partial charge in [0.05, 0.1) is 24.4 Å². The van der Waals surface area contributed by atoms with E-state index in [2.05, 4.69) is 22.6 Å². The van der Waals surface area contributed by atoms with E-state index in [1.165, 1.54) is 0 Å². The quantitative estimate of drug-likeness (QED) is 0.148. The van der Waals surface area contributed by atoms with Crippen LogP contribution in [0.25, 0.3) is 11.3 Å². The second kappa shape index (κ2) is 15.2. The number of ether oxygens (including phenoxy) is 3. The van der Waals surface area contributed by atoms with Gasteiger partial charge in [0.2, 0.25) is 0 Å². The fourth-order valence-corrected chi connectivity index (χ4v) is 7.38. The number of methoxy groups -OCH3 is 1. The lowest BCUT2D eigenvalue weighted by Gasteiger charge is -2.41. The zero-order valence-electron chi connectivity index (χ0n) is 29.9. The number of anilines is 1. The van der Waals surface area contributed by atoms with Crippen LogP contribution in [0.15, 0.2) is 42.6 Å². The Kier molecular flexibility index (Phi) is 11.8. The molecule has 13 heteroatoms. The number of cyclic esters (lactones) is 1. The number of nitrogen functional groups attached to an aromatic ring is 1. The SMILES string of the molecule is B[C@@H]1[C@@H](C)C(=O)[C@@H](C)C(=O)O[C@H](CC)[C@@]2(C)OC(=O)N(C/C=C/Cn3cc(-c4cccc(N)c4)nn3)[C@@H]2[C@@H](C)NC[C@H](C)C[C@@]1(C)OC. The average Bonchev–Trinajstić information content (AvgIpc) is 3.64. The van der Waals surface area contributed by atoms with Gasteiger partial charge in [-0.25, -0.2) is 9.48 Å². The van der Waals surface area contributed by atoms with Crippen molar-refractivity contribution >= 4 is 31.4 Å². The normalized spacial score (nSPS) is 34.0. The van der Waals surface area contributed by atoms with Crippen molar-refractivity contribution in [2.24, 2.45) is 17.8 Å². The predicted octanol–water partition coefficient (Wildman–Crippen LogP) is 3.67. The van der Waals surface area contributed by atoms with Crippen LogP contribution in [-0.4, -0.2) is 95.2 Å². The third kappa shape index (κ3) is 7.78. The van der Waals surface area contributed by atoms with Crippen LogP contribution < -0.4 is 11.1 Å². The van der Waals surface area contributed by atoms with Crippen molar-refractivity contribution in [2.75, 3.05) is 25.9 Å². The summed E-state index contributed by atoms with van der Waals surface area (Å²) in [5.41, 5.74) is 6.40. The molecule has 0 saturated carbocycles. The first-order chi connectivity index (χ1) is 22.6. The highest BCUT2D eigenvalue weighted by atomic mass is 16.6. The molecule has 4 rings (SSSR count). The topological polar surface area (TPSA) is 151 Å². The molecule has 0 bridgehead atoms. The molecule has 1 aromatic heterocycles. The first kappa shape index (κ1) is 37.1. The average molecular weight is 665 g/mol. The van der Waals surface area contributed by atoms with Crippen LogP contribution in [-0.2, 0) is 30.3 Å². The van der Waals surface area contributed by atoms with Crippen LogP contribution in [0.4, 0.5) is 10.5 Å². The number of esters is 1. The number of ketones is 1. The summed E-state index contributed by atoms with van der Waals surface area (Å²) < 4.78 is 19.9. The third-order valence-electron chi connectivity index (χ3n) is 10.6. The minimum absolute atomic E-state index is 0.140. The van der Waals surface area contributed by atoms with E-state index in [1.807, 2.05) is 85.1 Å². The molecule has 2 fully saturated rings. The molecule has 12 nitrogen and oxygen atoms in total. The van der Waals surface area contributed by atoms with Gasteiger partial charge in [-0.05, 0) is 70.9 Å². The molecule has 1 amide bonds. The number of nitrogens with one attached hydrogen (secondary N) is 1. The largest absolute Gasteiger partial charge is 0.458 e. The van der Waals surface area contributed by atoms with Crippen molar-refractivity contribution in [3.8, 4) is 11.3 Å². The van der Waals surface area contributed by atoms with E-state index < -0.39 is 47.2 Å². The predicted molar refractivity (Wildman–Crippen MR) is 187 cm³/mol. The van der Waals surface area contributed by atoms with E-state index in [9.17, 15) is 14.4 Å². The summed E-state index contributed by atoms with van der Waals surface area (Å²) in [6.07, 6.45) is 5.50. The molecular formula is C35H53BN6O6. The Hall–Kier alpha value is -3.71. The van der Waals surface area contributed by atoms with Gasteiger partial charge >= 0.3 is 12.1 Å². The van der Waals surface area contributed by atoms with E-state index in [-0.39, 0.29) is 30.1 Å². The van der Waals surface area contributed by atoms with E-state index in [0.717, 1.165) is 5.56 Å². The Morgan fingerprint density at radius 3 is 2.52 bits per heavy atom. The van der Waals surface area contributed by atoms with Crippen LogP contribution in [0.2, 0.25) is 5.82 Å². The number of Topliss-reactive ketones (excluding diaryl/α,β-unsaturated/α-hetero) is 1. The van der Waals surface area contributed by atoms with Gasteiger partial charge in [-0.2, -0.15) is 0 Å². The zero-order chi connectivity index (χ0) is 35.4. The maximum Gasteiger partial charge on any atom is 0.411 e. The highest BCUT2D eigenvalue weighted by molar-refractivity contribution is 6.15. The highest BCUT2D eigenvalue weighted by Crippen LogP contribution is 2.40. The smallest absolute Gasteiger partial charge is 0.411 e. The van der Waals surface area contributed by atoms with Crippen LogP contribution in [0.1, 0.15) is 61.3 Å². The Morgan fingerprint density at radius 1 is 1.15 bits per heavy atom. The first-order valence-electron chi connectivity index (χ1n) is 17.1. The van der Waals surface area contributed by atoms with Crippen LogP contribution >= 0.6 is 0 Å². The lowest BCUT2D eigenvalue weighted by molar-refractivity contribution is -0.170. The fraction of sp³-hybridized carbons (Fsp3) is 0.629. The summed E-state index contributed by atoms with van der Waals surface area (Å²) in [6.45, 7) is 14.7. The van der Waals surface area contributed by atoms with Gasteiger partial charge in [-0.1, -0.05) is 50.3 Å². The Morgan fingerprint density at radius 2 is 1.85 bits per heavy atom. The monoisotopic (exact) mass is 664 g/mol. The van der Waals surface area contributed by atoms with E-state index in [1.54, 1.807) is 23.6 Å². The van der Waals surface area contributed by atoms with Crippen molar-refractivity contribution < 1.29 is 28.6 Å². The number of aromatic nitrogens is 3. The molecule has 0 unspecified atom stereocenters. The summed E-state index contributed by atoms with van der Waals surface area (Å²) in [4.78, 5) is 42.4. The van der Waals surface area contributed by atoms with Crippen LogP contribution in [0.3, 0.4) is 0 Å². The number of nitrogens with zero attached hydrogens (tertiary/aromatic N) is 4. The molecule has 1 aromatic carbocycles. The van der Waals surface area contributed by atoms with Gasteiger partial charge in [0.15, 0.2) is 5.60 Å². The van der Waals surface area contributed by atoms with Crippen LogP contribution in [0.5, 0.6) is 0 Å². The standard InChI is InChI=1S/C35H53BN6O6/c1-9-28-35(7)31(24(5)38-19-21(2)18-34(6,46-8)30(36)22(3)29(43)23(4)32(44)47-28)42(33(45)48-35)16-11-10-15-41-20-27(39-40-41)25-13-12-14-26(37)17-25/h10-14,17,20-24,28,30-31,38H,9,15-16,18-19,36-37H2,1-8H3/b11-10+/t21-,22+,23-,24-,28-,30-,31-,34-,35-/m1/s1. The summed E-state index contributed by atoms with van der Waals surface area (Å²) in [5.74, 6) is -2.18. The molecule has 2 aliphatic rings. The summed E-state index contributed by atoms with van der Waals surface area (Å²) >= 11 is 0. The molecule has 0 radical (unpaired) electrons. The summed E-state index contributed by atoms with van der Waals surface area (Å²) in [5, 5.41) is 12.1. The first-order valence-corrected chi connectivity index (χ1v) is 17.1. The number of amides is 1. The molecule has 2 aromatic rings. The van der Waals surface area contributed by atoms with E-state index in [0.29, 0.717) is 37.3 Å². The van der Waals surface area contributed by atoms with Gasteiger partial charge < -0.3 is 25.3 Å². The van der Waals surface area contributed by atoms with Gasteiger partial charge in [-0.15, -0.1) is 5.10 Å². The number of carbonyl (C=O) groups is 3. The number of hydrogen-bond acceptors (Lipinski definition) is 10. The Bertz CT molecular complexity index is 1480. The summed E-state index contributed by atoms with van der Waals surface area (Å²) in [7, 11) is 3.69. The number of fused-ring (bicyclic) bond motifs is 1. The lowest BCUT2D eigenvalue weighted by atomic mass is 9.62. The molecule has 0 spiro atoms. The van der Waals surface area contributed by atoms with E-state index in [4.69, 9.17) is 19.9 Å². The van der Waals surface area contributed by atoms with E-state index >= 15 is 0 Å². The maximum absolute atomic E-state index is 13.6. The Balaban J connectivity index is 1.58. The van der Waals surface area contributed by atoms with Gasteiger partial charge in [0, 0.05) is 36.9 Å². The number of benzene rings is 1. The minimum Gasteiger partial charge on any atom is -0.458 e. The molecule has 48 heavy (non-hydrogen) atoms. The second-order valence-electron chi connectivity index (χ2n) is 14.1. The van der Waals surface area contributed by atoms with Gasteiger partial charge in [0.1, 0.15) is 31.3 Å². The van der Waals surface area contributed by atoms with Crippen molar-refractivity contribution in [3.05, 3.63) is 42.6 Å². The minimum atomic E-state index is -1.17.